The van der Waals surface area contributed by atoms with Gasteiger partial charge in [-0.2, -0.15) is 0 Å². The first-order chi connectivity index (χ1) is 4.39. The summed E-state index contributed by atoms with van der Waals surface area (Å²) in [6, 6.07) is 0. The molecule has 0 amide bonds. The molecule has 1 atom stereocenters. The van der Waals surface area contributed by atoms with E-state index in [4.69, 9.17) is 10.8 Å². The highest BCUT2D eigenvalue weighted by atomic mass is 16.4. The highest BCUT2D eigenvalue weighted by Crippen LogP contribution is 2.24. The van der Waals surface area contributed by atoms with Crippen LogP contribution in [0.4, 0.5) is 0 Å². The second-order valence-corrected chi connectivity index (χ2v) is 3.49. The van der Waals surface area contributed by atoms with Gasteiger partial charge in [-0.1, -0.05) is 20.8 Å². The third-order valence-electron chi connectivity index (χ3n) is 1.58. The molecule has 10 heavy (non-hydrogen) atoms. The number of hydrogen-bond acceptors (Lipinski definition) is 2. The maximum absolute atomic E-state index is 10.5. The third kappa shape index (κ3) is 2.35. The zero-order valence-corrected chi connectivity index (χ0v) is 6.72. The lowest BCUT2D eigenvalue weighted by Crippen LogP contribution is -2.34. The number of carbonyl (C=O) groups is 1. The molecular formula is C7H15NO2. The Kier molecular flexibility index (Phi) is 2.84. The van der Waals surface area contributed by atoms with Crippen molar-refractivity contribution in [3.05, 3.63) is 0 Å². The molecule has 0 saturated heterocycles. The topological polar surface area (TPSA) is 63.3 Å². The molecule has 0 spiro atoms. The number of nitrogens with two attached hydrogens (primary N) is 1. The predicted molar refractivity (Wildman–Crippen MR) is 39.6 cm³/mol. The summed E-state index contributed by atoms with van der Waals surface area (Å²) in [6.07, 6.45) is 0. The van der Waals surface area contributed by atoms with Crippen molar-refractivity contribution >= 4 is 5.97 Å². The van der Waals surface area contributed by atoms with Gasteiger partial charge in [0.15, 0.2) is 0 Å². The summed E-state index contributed by atoms with van der Waals surface area (Å²) in [5.74, 6) is -1.25. The highest BCUT2D eigenvalue weighted by Gasteiger charge is 2.29. The summed E-state index contributed by atoms with van der Waals surface area (Å²) in [4.78, 5) is 10.5. The van der Waals surface area contributed by atoms with Crippen LogP contribution in [0.25, 0.3) is 0 Å². The SMILES string of the molecule is CC(C)(C)[C@@H](CN)C(=O)O. The van der Waals surface area contributed by atoms with E-state index in [9.17, 15) is 4.79 Å². The summed E-state index contributed by atoms with van der Waals surface area (Å²) >= 11 is 0. The van der Waals surface area contributed by atoms with Gasteiger partial charge in [0, 0.05) is 6.54 Å². The van der Waals surface area contributed by atoms with E-state index in [0.717, 1.165) is 0 Å². The van der Waals surface area contributed by atoms with Crippen molar-refractivity contribution in [2.45, 2.75) is 20.8 Å². The fourth-order valence-corrected chi connectivity index (χ4v) is 0.825. The first kappa shape index (κ1) is 9.43. The molecule has 3 heteroatoms. The van der Waals surface area contributed by atoms with Crippen LogP contribution in [0.5, 0.6) is 0 Å². The Labute approximate surface area is 61.2 Å². The van der Waals surface area contributed by atoms with Gasteiger partial charge in [0.05, 0.1) is 5.92 Å². The molecule has 0 aliphatic rings. The Morgan fingerprint density at radius 1 is 1.60 bits per heavy atom. The molecule has 0 fully saturated rings. The lowest BCUT2D eigenvalue weighted by Gasteiger charge is -2.25. The molecule has 0 aromatic carbocycles. The lowest BCUT2D eigenvalue weighted by molar-refractivity contribution is -0.144. The van der Waals surface area contributed by atoms with E-state index in [1.54, 1.807) is 0 Å². The number of carboxylic acids is 1. The first-order valence-electron chi connectivity index (χ1n) is 3.32. The average Bonchev–Trinajstić information content (AvgIpc) is 1.60. The monoisotopic (exact) mass is 145 g/mol. The Balaban J connectivity index is 4.22. The van der Waals surface area contributed by atoms with E-state index in [-0.39, 0.29) is 12.0 Å². The van der Waals surface area contributed by atoms with E-state index in [0.29, 0.717) is 0 Å². The Morgan fingerprint density at radius 3 is 2.00 bits per heavy atom. The molecule has 0 unspecified atom stereocenters. The quantitative estimate of drug-likeness (QED) is 0.601. The summed E-state index contributed by atoms with van der Waals surface area (Å²) in [7, 11) is 0. The van der Waals surface area contributed by atoms with Crippen LogP contribution in [0.3, 0.4) is 0 Å². The molecule has 0 aliphatic heterocycles. The molecule has 0 rings (SSSR count). The fourth-order valence-electron chi connectivity index (χ4n) is 0.825. The van der Waals surface area contributed by atoms with Gasteiger partial charge >= 0.3 is 5.97 Å². The van der Waals surface area contributed by atoms with Gasteiger partial charge in [-0.15, -0.1) is 0 Å². The Bertz CT molecular complexity index is 126. The molecule has 0 radical (unpaired) electrons. The minimum Gasteiger partial charge on any atom is -0.481 e. The summed E-state index contributed by atoms with van der Waals surface area (Å²) in [6.45, 7) is 5.83. The van der Waals surface area contributed by atoms with Crippen LogP contribution in [0.1, 0.15) is 20.8 Å². The van der Waals surface area contributed by atoms with Crippen molar-refractivity contribution in [2.75, 3.05) is 6.54 Å². The van der Waals surface area contributed by atoms with Crippen molar-refractivity contribution in [3.8, 4) is 0 Å². The van der Waals surface area contributed by atoms with Crippen LogP contribution in [-0.4, -0.2) is 17.6 Å². The summed E-state index contributed by atoms with van der Waals surface area (Å²) in [5, 5.41) is 8.63. The summed E-state index contributed by atoms with van der Waals surface area (Å²) < 4.78 is 0. The maximum Gasteiger partial charge on any atom is 0.308 e. The van der Waals surface area contributed by atoms with E-state index >= 15 is 0 Å². The van der Waals surface area contributed by atoms with Crippen LogP contribution in [-0.2, 0) is 4.79 Å². The van der Waals surface area contributed by atoms with Crippen LogP contribution in [0.15, 0.2) is 0 Å². The Morgan fingerprint density at radius 2 is 2.00 bits per heavy atom. The third-order valence-corrected chi connectivity index (χ3v) is 1.58. The van der Waals surface area contributed by atoms with Crippen LogP contribution in [0.2, 0.25) is 0 Å². The zero-order chi connectivity index (χ0) is 8.36. The molecular weight excluding hydrogens is 130 g/mol. The predicted octanol–water partition coefficient (Wildman–Crippen LogP) is 0.692. The van der Waals surface area contributed by atoms with Crippen LogP contribution >= 0.6 is 0 Å². The molecule has 0 saturated carbocycles. The van der Waals surface area contributed by atoms with E-state index < -0.39 is 11.9 Å². The van der Waals surface area contributed by atoms with E-state index in [1.807, 2.05) is 20.8 Å². The van der Waals surface area contributed by atoms with Gasteiger partial charge in [-0.05, 0) is 5.41 Å². The standard InChI is InChI=1S/C7H15NO2/c1-7(2,3)5(4-8)6(9)10/h5H,4,8H2,1-3H3,(H,9,10)/t5-/m0/s1. The average molecular weight is 145 g/mol. The van der Waals surface area contributed by atoms with Gasteiger partial charge in [0.1, 0.15) is 0 Å². The number of rotatable bonds is 2. The molecule has 0 aromatic heterocycles. The van der Waals surface area contributed by atoms with Crippen molar-refractivity contribution in [2.24, 2.45) is 17.1 Å². The molecule has 3 nitrogen and oxygen atoms in total. The van der Waals surface area contributed by atoms with Crippen molar-refractivity contribution in [1.82, 2.24) is 0 Å². The van der Waals surface area contributed by atoms with Gasteiger partial charge in [0.2, 0.25) is 0 Å². The van der Waals surface area contributed by atoms with Gasteiger partial charge < -0.3 is 10.8 Å². The van der Waals surface area contributed by atoms with Gasteiger partial charge in [0.25, 0.3) is 0 Å². The molecule has 0 bridgehead atoms. The Hall–Kier alpha value is -0.570. The second kappa shape index (κ2) is 3.01. The molecule has 3 N–H and O–H groups in total. The van der Waals surface area contributed by atoms with Gasteiger partial charge in [-0.3, -0.25) is 4.79 Å². The maximum atomic E-state index is 10.5. The number of aliphatic carboxylic acids is 1. The van der Waals surface area contributed by atoms with Crippen molar-refractivity contribution < 1.29 is 9.90 Å². The smallest absolute Gasteiger partial charge is 0.308 e. The molecule has 60 valence electrons. The lowest BCUT2D eigenvalue weighted by atomic mass is 9.81. The first-order valence-corrected chi connectivity index (χ1v) is 3.32. The van der Waals surface area contributed by atoms with E-state index in [2.05, 4.69) is 0 Å². The number of hydrogen-bond donors (Lipinski definition) is 2. The van der Waals surface area contributed by atoms with Crippen LogP contribution in [0, 0.1) is 11.3 Å². The molecule has 0 aromatic rings. The van der Waals surface area contributed by atoms with Gasteiger partial charge in [-0.25, -0.2) is 0 Å². The minimum atomic E-state index is -0.810. The number of carboxylic acid groups (broad SMARTS) is 1. The van der Waals surface area contributed by atoms with E-state index in [1.165, 1.54) is 0 Å². The largest absolute Gasteiger partial charge is 0.481 e. The highest BCUT2D eigenvalue weighted by molar-refractivity contribution is 5.71. The van der Waals surface area contributed by atoms with Crippen molar-refractivity contribution in [1.29, 1.82) is 0 Å². The molecule has 0 aliphatic carbocycles. The normalized spacial score (nSPS) is 14.8. The van der Waals surface area contributed by atoms with Crippen LogP contribution < -0.4 is 5.73 Å². The zero-order valence-electron chi connectivity index (χ0n) is 6.72. The fraction of sp³-hybridized carbons (Fsp3) is 0.857. The summed E-state index contributed by atoms with van der Waals surface area (Å²) in [5.41, 5.74) is 5.04. The second-order valence-electron chi connectivity index (χ2n) is 3.49. The molecule has 0 heterocycles. The minimum absolute atomic E-state index is 0.207. The van der Waals surface area contributed by atoms with Crippen molar-refractivity contribution in [3.63, 3.8) is 0 Å².